The van der Waals surface area contributed by atoms with Crippen LogP contribution in [0.5, 0.6) is 0 Å². The van der Waals surface area contributed by atoms with E-state index >= 15 is 0 Å². The Balaban J connectivity index is 1.63. The summed E-state index contributed by atoms with van der Waals surface area (Å²) in [7, 11) is 0. The standard InChI is InChI=1S/C14H15N5OS/c20-13(14-16-18-19-17-14)5-4-10-8-21-9-11(10)7-12-3-1-2-6-15-12/h1-3,6,8-9,13,20H,4-5,7H2,(H,16,17,18,19). The van der Waals surface area contributed by atoms with Gasteiger partial charge in [-0.15, -0.1) is 10.2 Å². The van der Waals surface area contributed by atoms with Gasteiger partial charge in [-0.2, -0.15) is 16.6 Å². The van der Waals surface area contributed by atoms with Gasteiger partial charge in [0.15, 0.2) is 0 Å². The largest absolute Gasteiger partial charge is 0.385 e. The number of H-pyrrole nitrogens is 1. The molecule has 2 N–H and O–H groups in total. The number of tetrazole rings is 1. The van der Waals surface area contributed by atoms with Gasteiger partial charge in [0.25, 0.3) is 0 Å². The number of aliphatic hydroxyl groups is 1. The summed E-state index contributed by atoms with van der Waals surface area (Å²) in [5.41, 5.74) is 3.56. The van der Waals surface area contributed by atoms with E-state index in [0.29, 0.717) is 12.2 Å². The number of thiophene rings is 1. The van der Waals surface area contributed by atoms with Crippen molar-refractivity contribution in [2.45, 2.75) is 25.4 Å². The van der Waals surface area contributed by atoms with E-state index in [9.17, 15) is 5.11 Å². The fourth-order valence-corrected chi connectivity index (χ4v) is 3.05. The highest BCUT2D eigenvalue weighted by atomic mass is 32.1. The molecule has 1 unspecified atom stereocenters. The Hall–Kier alpha value is -2.12. The number of pyridine rings is 1. The van der Waals surface area contributed by atoms with E-state index in [2.05, 4.69) is 36.4 Å². The summed E-state index contributed by atoms with van der Waals surface area (Å²) in [6.07, 6.45) is 3.29. The van der Waals surface area contributed by atoms with E-state index in [-0.39, 0.29) is 0 Å². The van der Waals surface area contributed by atoms with Gasteiger partial charge in [-0.3, -0.25) is 4.98 Å². The molecule has 0 radical (unpaired) electrons. The maximum absolute atomic E-state index is 9.99. The van der Waals surface area contributed by atoms with Crippen LogP contribution in [-0.4, -0.2) is 30.7 Å². The smallest absolute Gasteiger partial charge is 0.202 e. The second-order valence-corrected chi connectivity index (χ2v) is 5.49. The lowest BCUT2D eigenvalue weighted by Crippen LogP contribution is -2.03. The predicted octanol–water partition coefficient (Wildman–Crippen LogP) is 1.91. The first kappa shape index (κ1) is 13.8. The minimum Gasteiger partial charge on any atom is -0.385 e. The summed E-state index contributed by atoms with van der Waals surface area (Å²) < 4.78 is 0. The number of hydrogen-bond acceptors (Lipinski definition) is 6. The van der Waals surface area contributed by atoms with Crippen LogP contribution in [0, 0.1) is 0 Å². The molecule has 3 heterocycles. The van der Waals surface area contributed by atoms with Crippen LogP contribution in [0.25, 0.3) is 0 Å². The second kappa shape index (κ2) is 6.55. The van der Waals surface area contributed by atoms with Gasteiger partial charge in [-0.25, -0.2) is 0 Å². The highest BCUT2D eigenvalue weighted by Gasteiger charge is 2.14. The summed E-state index contributed by atoms with van der Waals surface area (Å²) in [6.45, 7) is 0. The maximum atomic E-state index is 9.99. The molecule has 0 bridgehead atoms. The summed E-state index contributed by atoms with van der Waals surface area (Å²) in [5.74, 6) is 0.344. The minimum atomic E-state index is -0.689. The van der Waals surface area contributed by atoms with Crippen molar-refractivity contribution < 1.29 is 5.11 Å². The molecule has 0 amide bonds. The summed E-state index contributed by atoms with van der Waals surface area (Å²) in [4.78, 5) is 4.35. The summed E-state index contributed by atoms with van der Waals surface area (Å²) in [6, 6.07) is 5.93. The molecule has 0 aromatic carbocycles. The van der Waals surface area contributed by atoms with Crippen LogP contribution in [0.15, 0.2) is 35.2 Å². The molecule has 7 heteroatoms. The first-order valence-electron chi connectivity index (χ1n) is 6.68. The molecule has 21 heavy (non-hydrogen) atoms. The van der Waals surface area contributed by atoms with Crippen LogP contribution in [0.1, 0.15) is 35.2 Å². The Morgan fingerprint density at radius 2 is 2.14 bits per heavy atom. The third-order valence-corrected chi connectivity index (χ3v) is 4.12. The van der Waals surface area contributed by atoms with E-state index in [1.54, 1.807) is 17.5 Å². The Kier molecular flexibility index (Phi) is 4.32. The van der Waals surface area contributed by atoms with Gasteiger partial charge in [0.2, 0.25) is 5.82 Å². The third kappa shape index (κ3) is 3.50. The number of rotatable bonds is 6. The first-order chi connectivity index (χ1) is 10.3. The molecule has 1 atom stereocenters. The molecule has 6 nitrogen and oxygen atoms in total. The number of hydrogen-bond donors (Lipinski definition) is 2. The predicted molar refractivity (Wildman–Crippen MR) is 78.8 cm³/mol. The van der Waals surface area contributed by atoms with E-state index in [4.69, 9.17) is 0 Å². The Morgan fingerprint density at radius 1 is 1.24 bits per heavy atom. The quantitative estimate of drug-likeness (QED) is 0.726. The lowest BCUT2D eigenvalue weighted by molar-refractivity contribution is 0.158. The lowest BCUT2D eigenvalue weighted by Gasteiger charge is -2.07. The molecule has 3 rings (SSSR count). The van der Waals surface area contributed by atoms with Gasteiger partial charge in [-0.1, -0.05) is 11.3 Å². The van der Waals surface area contributed by atoms with E-state index in [1.165, 1.54) is 11.1 Å². The van der Waals surface area contributed by atoms with E-state index in [1.807, 2.05) is 18.2 Å². The van der Waals surface area contributed by atoms with Crippen molar-refractivity contribution in [3.8, 4) is 0 Å². The zero-order valence-corrected chi connectivity index (χ0v) is 12.1. The van der Waals surface area contributed by atoms with Crippen molar-refractivity contribution in [1.29, 1.82) is 0 Å². The topological polar surface area (TPSA) is 87.6 Å². The summed E-state index contributed by atoms with van der Waals surface area (Å²) >= 11 is 1.68. The fraction of sp³-hybridized carbons (Fsp3) is 0.286. The highest BCUT2D eigenvalue weighted by Crippen LogP contribution is 2.22. The fourth-order valence-electron chi connectivity index (χ4n) is 2.15. The number of aryl methyl sites for hydroxylation is 1. The zero-order chi connectivity index (χ0) is 14.5. The van der Waals surface area contributed by atoms with Crippen LogP contribution >= 0.6 is 11.3 Å². The van der Waals surface area contributed by atoms with E-state index in [0.717, 1.165) is 18.5 Å². The zero-order valence-electron chi connectivity index (χ0n) is 11.3. The average molecular weight is 301 g/mol. The van der Waals surface area contributed by atoms with Gasteiger partial charge in [0, 0.05) is 18.3 Å². The van der Waals surface area contributed by atoms with Gasteiger partial charge in [-0.05, 0) is 46.9 Å². The molecular formula is C14H15N5OS. The van der Waals surface area contributed by atoms with Crippen molar-refractivity contribution in [3.05, 3.63) is 57.8 Å². The van der Waals surface area contributed by atoms with Crippen LogP contribution in [0.2, 0.25) is 0 Å². The first-order valence-corrected chi connectivity index (χ1v) is 7.62. The molecule has 0 saturated carbocycles. The van der Waals surface area contributed by atoms with Gasteiger partial charge in [0.1, 0.15) is 6.10 Å². The number of aromatic amines is 1. The SMILES string of the molecule is OC(CCc1cscc1Cc1ccccn1)c1nn[nH]n1. The Labute approximate surface area is 125 Å². The maximum Gasteiger partial charge on any atom is 0.202 e. The number of nitrogens with one attached hydrogen (secondary N) is 1. The molecule has 0 saturated heterocycles. The minimum absolute atomic E-state index is 0.344. The number of aliphatic hydroxyl groups excluding tert-OH is 1. The molecule has 3 aromatic rings. The van der Waals surface area contributed by atoms with Crippen LogP contribution in [0.3, 0.4) is 0 Å². The van der Waals surface area contributed by atoms with Crippen molar-refractivity contribution in [2.24, 2.45) is 0 Å². The molecular weight excluding hydrogens is 286 g/mol. The van der Waals surface area contributed by atoms with Crippen LogP contribution in [-0.2, 0) is 12.8 Å². The van der Waals surface area contributed by atoms with Crippen molar-refractivity contribution in [1.82, 2.24) is 25.6 Å². The second-order valence-electron chi connectivity index (χ2n) is 4.74. The molecule has 0 spiro atoms. The van der Waals surface area contributed by atoms with Crippen molar-refractivity contribution >= 4 is 11.3 Å². The molecule has 0 aliphatic carbocycles. The molecule has 108 valence electrons. The van der Waals surface area contributed by atoms with Gasteiger partial charge >= 0.3 is 0 Å². The number of aromatic nitrogens is 5. The van der Waals surface area contributed by atoms with E-state index < -0.39 is 6.10 Å². The molecule has 0 aliphatic rings. The van der Waals surface area contributed by atoms with Crippen LogP contribution in [0.4, 0.5) is 0 Å². The van der Waals surface area contributed by atoms with Crippen LogP contribution < -0.4 is 0 Å². The molecule has 0 fully saturated rings. The normalized spacial score (nSPS) is 12.4. The lowest BCUT2D eigenvalue weighted by atomic mass is 10.0. The molecule has 3 aromatic heterocycles. The third-order valence-electron chi connectivity index (χ3n) is 3.28. The highest BCUT2D eigenvalue weighted by molar-refractivity contribution is 7.08. The Bertz CT molecular complexity index is 668. The monoisotopic (exact) mass is 301 g/mol. The van der Waals surface area contributed by atoms with Crippen molar-refractivity contribution in [3.63, 3.8) is 0 Å². The van der Waals surface area contributed by atoms with Crippen molar-refractivity contribution in [2.75, 3.05) is 0 Å². The Morgan fingerprint density at radius 3 is 2.90 bits per heavy atom. The van der Waals surface area contributed by atoms with Gasteiger partial charge < -0.3 is 5.11 Å². The number of nitrogens with zero attached hydrogens (tertiary/aromatic N) is 4. The van der Waals surface area contributed by atoms with Gasteiger partial charge in [0.05, 0.1) is 0 Å². The average Bonchev–Trinajstić information content (AvgIpc) is 3.18. The summed E-state index contributed by atoms with van der Waals surface area (Å²) in [5, 5.41) is 27.7. The molecule has 0 aliphatic heterocycles.